The lowest BCUT2D eigenvalue weighted by Gasteiger charge is -2.11. The maximum atomic E-state index is 12.1. The third-order valence-electron chi connectivity index (χ3n) is 3.75. The topological polar surface area (TPSA) is 58.4 Å². The number of anilines is 1. The van der Waals surface area contributed by atoms with E-state index in [1.54, 1.807) is 6.07 Å². The average Bonchev–Trinajstić information content (AvgIpc) is 3.16. The Balaban J connectivity index is 1.56. The van der Waals surface area contributed by atoms with Gasteiger partial charge in [0.25, 0.3) is 5.91 Å². The molecule has 26 heavy (non-hydrogen) atoms. The van der Waals surface area contributed by atoms with Crippen LogP contribution in [-0.4, -0.2) is 31.7 Å². The molecule has 1 amide bonds. The minimum Gasteiger partial charge on any atom is -0.378 e. The number of nitrogens with zero attached hydrogens (tertiary/aromatic N) is 2. The normalized spacial score (nSPS) is 9.92. The van der Waals surface area contributed by atoms with Gasteiger partial charge in [0.05, 0.1) is 6.54 Å². The van der Waals surface area contributed by atoms with Crippen LogP contribution >= 0.6 is 0 Å². The molecular weight excluding hydrogens is 326 g/mol. The van der Waals surface area contributed by atoms with Crippen molar-refractivity contribution >= 4 is 11.6 Å². The van der Waals surface area contributed by atoms with Crippen LogP contribution in [0.5, 0.6) is 0 Å². The summed E-state index contributed by atoms with van der Waals surface area (Å²) in [7, 11) is 3.98. The molecule has 0 atom stereocenters. The molecule has 0 saturated heterocycles. The summed E-state index contributed by atoms with van der Waals surface area (Å²) in [6.45, 7) is 0.238. The van der Waals surface area contributed by atoms with Gasteiger partial charge in [-0.1, -0.05) is 47.3 Å². The summed E-state index contributed by atoms with van der Waals surface area (Å²) in [5.41, 5.74) is 3.13. The monoisotopic (exact) mass is 345 g/mol. The highest BCUT2D eigenvalue weighted by atomic mass is 16.5. The van der Waals surface area contributed by atoms with E-state index in [4.69, 9.17) is 4.52 Å². The lowest BCUT2D eigenvalue weighted by molar-refractivity contribution is 0.0950. The maximum Gasteiger partial charge on any atom is 0.274 e. The predicted octanol–water partition coefficient (Wildman–Crippen LogP) is 3.19. The average molecular weight is 345 g/mol. The molecule has 1 heterocycles. The van der Waals surface area contributed by atoms with Crippen molar-refractivity contribution in [3.63, 3.8) is 0 Å². The number of carbonyl (C=O) groups excluding carboxylic acids is 1. The van der Waals surface area contributed by atoms with Crippen molar-refractivity contribution in [2.24, 2.45) is 0 Å². The molecule has 3 aromatic rings. The quantitative estimate of drug-likeness (QED) is 0.738. The first-order valence-corrected chi connectivity index (χ1v) is 8.20. The van der Waals surface area contributed by atoms with E-state index in [0.29, 0.717) is 5.76 Å². The zero-order chi connectivity index (χ0) is 18.4. The van der Waals surface area contributed by atoms with E-state index in [2.05, 4.69) is 22.3 Å². The van der Waals surface area contributed by atoms with Crippen LogP contribution in [0.2, 0.25) is 0 Å². The van der Waals surface area contributed by atoms with Crippen LogP contribution in [0.3, 0.4) is 0 Å². The highest BCUT2D eigenvalue weighted by molar-refractivity contribution is 5.93. The zero-order valence-corrected chi connectivity index (χ0v) is 14.7. The van der Waals surface area contributed by atoms with Crippen molar-refractivity contribution in [3.05, 3.63) is 71.9 Å². The largest absolute Gasteiger partial charge is 0.378 e. The second-order valence-electron chi connectivity index (χ2n) is 5.87. The number of nitrogens with one attached hydrogen (secondary N) is 1. The molecule has 5 nitrogen and oxygen atoms in total. The van der Waals surface area contributed by atoms with Gasteiger partial charge in [-0.3, -0.25) is 4.79 Å². The molecule has 0 fully saturated rings. The number of aromatic nitrogens is 1. The number of amides is 1. The number of carbonyl (C=O) groups is 1. The molecule has 0 spiro atoms. The van der Waals surface area contributed by atoms with E-state index in [1.165, 1.54) is 0 Å². The number of benzene rings is 2. The van der Waals surface area contributed by atoms with Crippen molar-refractivity contribution in [1.82, 2.24) is 10.5 Å². The van der Waals surface area contributed by atoms with E-state index >= 15 is 0 Å². The van der Waals surface area contributed by atoms with Crippen LogP contribution in [0.15, 0.2) is 65.2 Å². The van der Waals surface area contributed by atoms with Gasteiger partial charge in [0.15, 0.2) is 11.5 Å². The summed E-state index contributed by atoms with van der Waals surface area (Å²) in [6, 6.07) is 19.0. The van der Waals surface area contributed by atoms with E-state index in [9.17, 15) is 4.79 Å². The van der Waals surface area contributed by atoms with Crippen molar-refractivity contribution in [2.75, 3.05) is 25.5 Å². The van der Waals surface area contributed by atoms with Crippen LogP contribution in [0.1, 0.15) is 16.1 Å². The minimum absolute atomic E-state index is 0.237. The van der Waals surface area contributed by atoms with Crippen molar-refractivity contribution in [1.29, 1.82) is 0 Å². The molecule has 2 aromatic carbocycles. The Hall–Kier alpha value is -3.52. The van der Waals surface area contributed by atoms with Gasteiger partial charge >= 0.3 is 0 Å². The van der Waals surface area contributed by atoms with E-state index < -0.39 is 0 Å². The Morgan fingerprint density at radius 1 is 1.12 bits per heavy atom. The number of rotatable bonds is 4. The molecule has 5 heteroatoms. The second-order valence-corrected chi connectivity index (χ2v) is 5.87. The van der Waals surface area contributed by atoms with Gasteiger partial charge in [0, 0.05) is 37.0 Å². The van der Waals surface area contributed by atoms with Gasteiger partial charge in [0.1, 0.15) is 0 Å². The third-order valence-corrected chi connectivity index (χ3v) is 3.75. The highest BCUT2D eigenvalue weighted by Crippen LogP contribution is 2.19. The third kappa shape index (κ3) is 4.31. The molecule has 0 saturated carbocycles. The SMILES string of the molecule is CN(C)c1ccc(C#CCNC(=O)c2cc(-c3ccccc3)on2)cc1. The van der Waals surface area contributed by atoms with Crippen molar-refractivity contribution in [3.8, 4) is 23.2 Å². The van der Waals surface area contributed by atoms with Gasteiger partial charge in [0.2, 0.25) is 0 Å². The standard InChI is InChI=1S/C21H19N3O2/c1-24(2)18-12-10-16(11-13-18)7-6-14-22-21(25)19-15-20(26-23-19)17-8-4-3-5-9-17/h3-5,8-13,15H,14H2,1-2H3,(H,22,25). The molecule has 0 radical (unpaired) electrons. The van der Waals surface area contributed by atoms with Gasteiger partial charge in [-0.15, -0.1) is 0 Å². The Kier molecular flexibility index (Phi) is 5.35. The van der Waals surface area contributed by atoms with Crippen LogP contribution in [0, 0.1) is 11.8 Å². The fourth-order valence-electron chi connectivity index (χ4n) is 2.32. The first-order chi connectivity index (χ1) is 12.6. The smallest absolute Gasteiger partial charge is 0.274 e. The lowest BCUT2D eigenvalue weighted by Crippen LogP contribution is -2.23. The van der Waals surface area contributed by atoms with E-state index in [-0.39, 0.29) is 18.1 Å². The molecule has 1 N–H and O–H groups in total. The molecule has 3 rings (SSSR count). The summed E-state index contributed by atoms with van der Waals surface area (Å²) in [5, 5.41) is 6.54. The second kappa shape index (κ2) is 8.04. The Morgan fingerprint density at radius 3 is 2.54 bits per heavy atom. The van der Waals surface area contributed by atoms with Crippen LogP contribution < -0.4 is 10.2 Å². The molecule has 1 aromatic heterocycles. The summed E-state index contributed by atoms with van der Waals surface area (Å²) in [4.78, 5) is 14.1. The van der Waals surface area contributed by atoms with Gasteiger partial charge in [-0.2, -0.15) is 0 Å². The van der Waals surface area contributed by atoms with Crippen LogP contribution in [0.4, 0.5) is 5.69 Å². The Labute approximate surface area is 152 Å². The Morgan fingerprint density at radius 2 is 1.85 bits per heavy atom. The summed E-state index contributed by atoms with van der Waals surface area (Å²) < 4.78 is 5.23. The first-order valence-electron chi connectivity index (χ1n) is 8.20. The van der Waals surface area contributed by atoms with Crippen LogP contribution in [-0.2, 0) is 0 Å². The highest BCUT2D eigenvalue weighted by Gasteiger charge is 2.12. The lowest BCUT2D eigenvalue weighted by atomic mass is 10.1. The summed E-state index contributed by atoms with van der Waals surface area (Å²) in [5.74, 6) is 6.20. The molecule has 0 aliphatic heterocycles. The molecule has 0 aliphatic rings. The fourth-order valence-corrected chi connectivity index (χ4v) is 2.32. The molecule has 130 valence electrons. The van der Waals surface area contributed by atoms with E-state index in [0.717, 1.165) is 16.8 Å². The van der Waals surface area contributed by atoms with E-state index in [1.807, 2.05) is 73.6 Å². The Bertz CT molecular complexity index is 933. The van der Waals surface area contributed by atoms with Crippen molar-refractivity contribution < 1.29 is 9.32 Å². The summed E-state index contributed by atoms with van der Waals surface area (Å²) in [6.07, 6.45) is 0. The molecule has 0 bridgehead atoms. The maximum absolute atomic E-state index is 12.1. The number of hydrogen-bond acceptors (Lipinski definition) is 4. The summed E-state index contributed by atoms with van der Waals surface area (Å²) >= 11 is 0. The van der Waals surface area contributed by atoms with Crippen LogP contribution in [0.25, 0.3) is 11.3 Å². The molecule has 0 aliphatic carbocycles. The molecular formula is C21H19N3O2. The van der Waals surface area contributed by atoms with Gasteiger partial charge in [-0.25, -0.2) is 0 Å². The number of hydrogen-bond donors (Lipinski definition) is 1. The first kappa shape index (κ1) is 17.3. The minimum atomic E-state index is -0.312. The fraction of sp³-hybridized carbons (Fsp3) is 0.143. The van der Waals surface area contributed by atoms with Crippen molar-refractivity contribution in [2.45, 2.75) is 0 Å². The molecule has 0 unspecified atom stereocenters. The van der Waals surface area contributed by atoms with Gasteiger partial charge in [-0.05, 0) is 24.3 Å². The predicted molar refractivity (Wildman–Crippen MR) is 102 cm³/mol. The van der Waals surface area contributed by atoms with Gasteiger partial charge < -0.3 is 14.7 Å². The zero-order valence-electron chi connectivity index (χ0n) is 14.7.